The van der Waals surface area contributed by atoms with E-state index in [2.05, 4.69) is 10.3 Å². The predicted molar refractivity (Wildman–Crippen MR) is 81.6 cm³/mol. The van der Waals surface area contributed by atoms with E-state index in [0.29, 0.717) is 18.9 Å². The largest absolute Gasteiger partial charge is 0.325 e. The van der Waals surface area contributed by atoms with Crippen molar-refractivity contribution in [1.82, 2.24) is 9.88 Å². The summed E-state index contributed by atoms with van der Waals surface area (Å²) >= 11 is 0. The van der Waals surface area contributed by atoms with Gasteiger partial charge in [0, 0.05) is 18.7 Å². The second kappa shape index (κ2) is 6.70. The lowest BCUT2D eigenvalue weighted by Crippen LogP contribution is -2.34. The molecule has 4 heteroatoms. The molecule has 0 aliphatic carbocycles. The number of urea groups is 1. The molecular weight excluding hydrogens is 250 g/mol. The zero-order chi connectivity index (χ0) is 14.4. The third-order valence-corrected chi connectivity index (χ3v) is 3.10. The minimum Gasteiger partial charge on any atom is -0.325 e. The van der Waals surface area contributed by atoms with Crippen LogP contribution < -0.4 is 5.32 Å². The van der Waals surface area contributed by atoms with E-state index in [1.54, 1.807) is 11.0 Å². The summed E-state index contributed by atoms with van der Waals surface area (Å²) in [6.07, 6.45) is 0. The van der Waals surface area contributed by atoms with E-state index < -0.39 is 0 Å². The molecule has 0 spiro atoms. The van der Waals surface area contributed by atoms with Crippen LogP contribution in [0.15, 0.2) is 48.5 Å². The van der Waals surface area contributed by atoms with Crippen molar-refractivity contribution in [2.75, 3.05) is 18.4 Å². The van der Waals surface area contributed by atoms with Crippen LogP contribution in [0.3, 0.4) is 0 Å². The van der Waals surface area contributed by atoms with Gasteiger partial charge in [-0.05, 0) is 26.0 Å². The van der Waals surface area contributed by atoms with Crippen LogP contribution in [0.5, 0.6) is 0 Å². The first-order valence-corrected chi connectivity index (χ1v) is 6.83. The van der Waals surface area contributed by atoms with Gasteiger partial charge >= 0.3 is 6.03 Å². The van der Waals surface area contributed by atoms with Gasteiger partial charge < -0.3 is 4.90 Å². The van der Waals surface area contributed by atoms with Gasteiger partial charge in [0.2, 0.25) is 0 Å². The van der Waals surface area contributed by atoms with Gasteiger partial charge in [-0.1, -0.05) is 36.4 Å². The fraction of sp³-hybridized carbons (Fsp3) is 0.250. The lowest BCUT2D eigenvalue weighted by molar-refractivity contribution is 0.217. The summed E-state index contributed by atoms with van der Waals surface area (Å²) in [7, 11) is 0. The second-order valence-corrected chi connectivity index (χ2v) is 4.38. The van der Waals surface area contributed by atoms with Gasteiger partial charge in [-0.25, -0.2) is 9.78 Å². The number of rotatable bonds is 4. The van der Waals surface area contributed by atoms with Crippen LogP contribution in [-0.4, -0.2) is 29.0 Å². The Labute approximate surface area is 119 Å². The molecule has 1 heterocycles. The van der Waals surface area contributed by atoms with Crippen LogP contribution in [-0.2, 0) is 0 Å². The van der Waals surface area contributed by atoms with Gasteiger partial charge in [-0.15, -0.1) is 0 Å². The molecule has 104 valence electrons. The predicted octanol–water partition coefficient (Wildman–Crippen LogP) is 3.62. The van der Waals surface area contributed by atoms with E-state index in [1.807, 2.05) is 56.3 Å². The maximum atomic E-state index is 12.0. The number of benzene rings is 1. The number of hydrogen-bond acceptors (Lipinski definition) is 2. The lowest BCUT2D eigenvalue weighted by Gasteiger charge is -2.18. The molecule has 20 heavy (non-hydrogen) atoms. The Bertz CT molecular complexity index is 565. The van der Waals surface area contributed by atoms with Crippen molar-refractivity contribution in [2.45, 2.75) is 13.8 Å². The molecule has 1 aromatic heterocycles. The van der Waals surface area contributed by atoms with Crippen LogP contribution in [0.25, 0.3) is 11.3 Å². The molecule has 0 fully saturated rings. The molecule has 0 bridgehead atoms. The Balaban J connectivity index is 2.17. The molecule has 1 N–H and O–H groups in total. The molecule has 0 unspecified atom stereocenters. The summed E-state index contributed by atoms with van der Waals surface area (Å²) in [5.74, 6) is 0.572. The Hall–Kier alpha value is -2.36. The highest BCUT2D eigenvalue weighted by molar-refractivity contribution is 5.88. The van der Waals surface area contributed by atoms with Crippen molar-refractivity contribution < 1.29 is 4.79 Å². The zero-order valence-corrected chi connectivity index (χ0v) is 11.8. The highest BCUT2D eigenvalue weighted by Crippen LogP contribution is 2.18. The molecule has 2 aromatic rings. The maximum Gasteiger partial charge on any atom is 0.322 e. The van der Waals surface area contributed by atoms with E-state index in [0.717, 1.165) is 11.3 Å². The summed E-state index contributed by atoms with van der Waals surface area (Å²) in [5.41, 5.74) is 1.88. The number of carbonyl (C=O) groups is 1. The molecule has 2 amide bonds. The minimum atomic E-state index is -0.118. The molecule has 0 aliphatic rings. The van der Waals surface area contributed by atoms with Crippen molar-refractivity contribution in [1.29, 1.82) is 0 Å². The van der Waals surface area contributed by atoms with Crippen molar-refractivity contribution in [3.05, 3.63) is 48.5 Å². The van der Waals surface area contributed by atoms with Crippen LogP contribution in [0.1, 0.15) is 13.8 Å². The number of anilines is 1. The van der Waals surface area contributed by atoms with Crippen molar-refractivity contribution in [2.24, 2.45) is 0 Å². The van der Waals surface area contributed by atoms with E-state index in [9.17, 15) is 4.79 Å². The summed E-state index contributed by atoms with van der Waals surface area (Å²) in [5, 5.41) is 2.83. The standard InChI is InChI=1S/C16H19N3O/c1-3-19(4-2)16(20)18-15-12-8-11-14(17-15)13-9-6-5-7-10-13/h5-12H,3-4H2,1-2H3,(H,17,18,20). The Morgan fingerprint density at radius 3 is 2.40 bits per heavy atom. The summed E-state index contributed by atoms with van der Waals surface area (Å²) in [6, 6.07) is 15.4. The fourth-order valence-corrected chi connectivity index (χ4v) is 1.97. The van der Waals surface area contributed by atoms with E-state index in [4.69, 9.17) is 0 Å². The molecule has 1 aromatic carbocycles. The number of aromatic nitrogens is 1. The first-order chi connectivity index (χ1) is 9.74. The van der Waals surface area contributed by atoms with E-state index >= 15 is 0 Å². The van der Waals surface area contributed by atoms with E-state index in [-0.39, 0.29) is 6.03 Å². The van der Waals surface area contributed by atoms with Crippen LogP contribution in [0.4, 0.5) is 10.6 Å². The second-order valence-electron chi connectivity index (χ2n) is 4.38. The molecule has 0 saturated carbocycles. The van der Waals surface area contributed by atoms with Crippen molar-refractivity contribution in [3.8, 4) is 11.3 Å². The maximum absolute atomic E-state index is 12.0. The molecule has 4 nitrogen and oxygen atoms in total. The normalized spacial score (nSPS) is 10.1. The van der Waals surface area contributed by atoms with Crippen LogP contribution in [0.2, 0.25) is 0 Å². The van der Waals surface area contributed by atoms with Crippen molar-refractivity contribution >= 4 is 11.8 Å². The Morgan fingerprint density at radius 2 is 1.75 bits per heavy atom. The highest BCUT2D eigenvalue weighted by atomic mass is 16.2. The highest BCUT2D eigenvalue weighted by Gasteiger charge is 2.10. The van der Waals surface area contributed by atoms with Crippen LogP contribution >= 0.6 is 0 Å². The number of nitrogens with one attached hydrogen (secondary N) is 1. The Morgan fingerprint density at radius 1 is 1.05 bits per heavy atom. The van der Waals surface area contributed by atoms with Gasteiger partial charge in [-0.3, -0.25) is 5.32 Å². The van der Waals surface area contributed by atoms with Crippen molar-refractivity contribution in [3.63, 3.8) is 0 Å². The quantitative estimate of drug-likeness (QED) is 0.921. The Kier molecular flexibility index (Phi) is 4.71. The van der Waals surface area contributed by atoms with Crippen LogP contribution in [0, 0.1) is 0 Å². The third kappa shape index (κ3) is 3.35. The molecule has 0 aliphatic heterocycles. The smallest absolute Gasteiger partial charge is 0.322 e. The summed E-state index contributed by atoms with van der Waals surface area (Å²) in [6.45, 7) is 5.27. The summed E-state index contributed by atoms with van der Waals surface area (Å²) in [4.78, 5) is 18.2. The molecule has 2 rings (SSSR count). The summed E-state index contributed by atoms with van der Waals surface area (Å²) < 4.78 is 0. The topological polar surface area (TPSA) is 45.2 Å². The SMILES string of the molecule is CCN(CC)C(=O)Nc1cccc(-c2ccccc2)n1. The minimum absolute atomic E-state index is 0.118. The number of amides is 2. The zero-order valence-electron chi connectivity index (χ0n) is 11.8. The number of pyridine rings is 1. The third-order valence-electron chi connectivity index (χ3n) is 3.10. The molecule has 0 atom stereocenters. The first-order valence-electron chi connectivity index (χ1n) is 6.83. The lowest BCUT2D eigenvalue weighted by atomic mass is 10.1. The average molecular weight is 269 g/mol. The number of hydrogen-bond donors (Lipinski definition) is 1. The molecule has 0 radical (unpaired) electrons. The van der Waals surface area contributed by atoms with Gasteiger partial charge in [0.15, 0.2) is 0 Å². The average Bonchev–Trinajstić information content (AvgIpc) is 2.49. The molecular formula is C16H19N3O. The fourth-order valence-electron chi connectivity index (χ4n) is 1.97. The molecule has 0 saturated heterocycles. The first kappa shape index (κ1) is 14.1. The van der Waals surface area contributed by atoms with Gasteiger partial charge in [0.25, 0.3) is 0 Å². The number of nitrogens with zero attached hydrogens (tertiary/aromatic N) is 2. The number of carbonyl (C=O) groups excluding carboxylic acids is 1. The van der Waals surface area contributed by atoms with Gasteiger partial charge in [0.05, 0.1) is 5.69 Å². The van der Waals surface area contributed by atoms with Gasteiger partial charge in [0.1, 0.15) is 5.82 Å². The monoisotopic (exact) mass is 269 g/mol. The van der Waals surface area contributed by atoms with Gasteiger partial charge in [-0.2, -0.15) is 0 Å². The van der Waals surface area contributed by atoms with E-state index in [1.165, 1.54) is 0 Å².